The highest BCUT2D eigenvalue weighted by Crippen LogP contribution is 2.32. The Bertz CT molecular complexity index is 1410. The summed E-state index contributed by atoms with van der Waals surface area (Å²) in [7, 11) is 0. The number of hydrogen-bond donors (Lipinski definition) is 2. The molecule has 2 N–H and O–H groups in total. The van der Waals surface area contributed by atoms with E-state index in [0.29, 0.717) is 42.8 Å². The lowest BCUT2D eigenvalue weighted by atomic mass is 10.1. The monoisotopic (exact) mass is 640 g/mol. The van der Waals surface area contributed by atoms with Crippen LogP contribution in [0.2, 0.25) is 5.02 Å². The number of anilines is 1. The minimum atomic E-state index is -2.44. The standard InChI is InChI=1S/C34H39ClF2N4O4/c35-30-14-7-25(18-38-20-32(36)37)17-26(30)22-40(27-8-9-27)34(43)31-19-39-21-33(42)41(31)28-10-12-29(13-11-28)45-16-4-15-44-23-24-5-2-1-3-6-24/h1-3,5-7,10-14,17,27,31-32,38-39H,4,8-9,15-16,18-23H2/t31-/m1/s1. The zero-order valence-corrected chi connectivity index (χ0v) is 25.9. The summed E-state index contributed by atoms with van der Waals surface area (Å²) in [6, 6.07) is 21.9. The van der Waals surface area contributed by atoms with Crippen LogP contribution in [-0.2, 0) is 34.0 Å². The molecule has 0 bridgehead atoms. The van der Waals surface area contributed by atoms with Gasteiger partial charge in [0.05, 0.1) is 32.9 Å². The first-order chi connectivity index (χ1) is 21.9. The fraction of sp³-hybridized carbons (Fsp3) is 0.412. The van der Waals surface area contributed by atoms with Crippen molar-refractivity contribution in [2.45, 2.75) is 57.5 Å². The predicted molar refractivity (Wildman–Crippen MR) is 170 cm³/mol. The van der Waals surface area contributed by atoms with Gasteiger partial charge < -0.3 is 25.0 Å². The number of rotatable bonds is 16. The molecule has 1 atom stereocenters. The van der Waals surface area contributed by atoms with Gasteiger partial charge in [-0.2, -0.15) is 0 Å². The summed E-state index contributed by atoms with van der Waals surface area (Å²) in [5, 5.41) is 6.32. The van der Waals surface area contributed by atoms with E-state index >= 15 is 0 Å². The Labute approximate surface area is 267 Å². The van der Waals surface area contributed by atoms with Crippen LogP contribution in [0.4, 0.5) is 14.5 Å². The molecule has 0 aromatic heterocycles. The number of nitrogens with one attached hydrogen (secondary N) is 2. The largest absolute Gasteiger partial charge is 0.494 e. The Hall–Kier alpha value is -3.57. The number of piperazine rings is 1. The summed E-state index contributed by atoms with van der Waals surface area (Å²) >= 11 is 6.52. The molecule has 3 aromatic rings. The van der Waals surface area contributed by atoms with E-state index in [-0.39, 0.29) is 37.5 Å². The summed E-state index contributed by atoms with van der Waals surface area (Å²) in [6.07, 6.45) is 0.0402. The number of nitrogens with zero attached hydrogens (tertiary/aromatic N) is 2. The Morgan fingerprint density at radius 1 is 1.04 bits per heavy atom. The molecule has 11 heteroatoms. The molecule has 2 aliphatic rings. The first kappa shape index (κ1) is 32.8. The van der Waals surface area contributed by atoms with Gasteiger partial charge in [-0.1, -0.05) is 54.1 Å². The average molecular weight is 641 g/mol. The van der Waals surface area contributed by atoms with Crippen molar-refractivity contribution in [1.29, 1.82) is 0 Å². The highest BCUT2D eigenvalue weighted by atomic mass is 35.5. The number of alkyl halides is 2. The Morgan fingerprint density at radius 2 is 1.82 bits per heavy atom. The van der Waals surface area contributed by atoms with Crippen LogP contribution < -0.4 is 20.3 Å². The van der Waals surface area contributed by atoms with Gasteiger partial charge in [0.2, 0.25) is 11.8 Å². The van der Waals surface area contributed by atoms with Crippen LogP contribution in [0.25, 0.3) is 0 Å². The third kappa shape index (κ3) is 9.46. The van der Waals surface area contributed by atoms with Crippen LogP contribution in [0.3, 0.4) is 0 Å². The molecule has 0 radical (unpaired) electrons. The second-order valence-corrected chi connectivity index (χ2v) is 11.7. The Morgan fingerprint density at radius 3 is 2.56 bits per heavy atom. The molecule has 240 valence electrons. The smallest absolute Gasteiger partial charge is 0.250 e. The summed E-state index contributed by atoms with van der Waals surface area (Å²) in [5.74, 6) is 0.320. The van der Waals surface area contributed by atoms with Gasteiger partial charge in [-0.05, 0) is 59.9 Å². The second-order valence-electron chi connectivity index (χ2n) is 11.3. The molecular formula is C34H39ClF2N4O4. The van der Waals surface area contributed by atoms with E-state index in [1.807, 2.05) is 48.5 Å². The summed E-state index contributed by atoms with van der Waals surface area (Å²) in [4.78, 5) is 30.6. The zero-order chi connectivity index (χ0) is 31.6. The van der Waals surface area contributed by atoms with Gasteiger partial charge in [-0.25, -0.2) is 8.78 Å². The lowest BCUT2D eigenvalue weighted by molar-refractivity contribution is -0.136. The van der Waals surface area contributed by atoms with E-state index in [9.17, 15) is 18.4 Å². The predicted octanol–water partition coefficient (Wildman–Crippen LogP) is 5.18. The van der Waals surface area contributed by atoms with Crippen LogP contribution in [0.15, 0.2) is 72.8 Å². The number of carbonyl (C=O) groups excluding carboxylic acids is 2. The number of amides is 2. The van der Waals surface area contributed by atoms with Crippen molar-refractivity contribution in [3.63, 3.8) is 0 Å². The third-order valence-electron chi connectivity index (χ3n) is 7.76. The van der Waals surface area contributed by atoms with Crippen molar-refractivity contribution in [2.75, 3.05) is 37.7 Å². The highest BCUT2D eigenvalue weighted by Gasteiger charge is 2.41. The van der Waals surface area contributed by atoms with Crippen LogP contribution in [0, 0.1) is 0 Å². The number of halogens is 3. The van der Waals surface area contributed by atoms with Gasteiger partial charge in [-0.15, -0.1) is 0 Å². The first-order valence-corrected chi connectivity index (χ1v) is 15.7. The highest BCUT2D eigenvalue weighted by molar-refractivity contribution is 6.31. The number of benzene rings is 3. The van der Waals surface area contributed by atoms with E-state index in [1.54, 1.807) is 34.1 Å². The molecular weight excluding hydrogens is 602 g/mol. The van der Waals surface area contributed by atoms with Crippen molar-refractivity contribution in [3.05, 3.63) is 94.5 Å². The molecule has 8 nitrogen and oxygen atoms in total. The van der Waals surface area contributed by atoms with Crippen LogP contribution >= 0.6 is 11.6 Å². The van der Waals surface area contributed by atoms with Crippen molar-refractivity contribution >= 4 is 29.1 Å². The van der Waals surface area contributed by atoms with Crippen LogP contribution in [-0.4, -0.2) is 68.1 Å². The molecule has 45 heavy (non-hydrogen) atoms. The van der Waals surface area contributed by atoms with E-state index in [1.165, 1.54) is 0 Å². The number of ether oxygens (including phenoxy) is 2. The van der Waals surface area contributed by atoms with E-state index < -0.39 is 19.0 Å². The van der Waals surface area contributed by atoms with Gasteiger partial charge in [0.1, 0.15) is 11.8 Å². The quantitative estimate of drug-likeness (QED) is 0.210. The molecule has 2 amide bonds. The first-order valence-electron chi connectivity index (χ1n) is 15.3. The average Bonchev–Trinajstić information content (AvgIpc) is 3.89. The van der Waals surface area contributed by atoms with Crippen LogP contribution in [0.1, 0.15) is 36.0 Å². The van der Waals surface area contributed by atoms with Crippen LogP contribution in [0.5, 0.6) is 5.75 Å². The minimum absolute atomic E-state index is 0.0560. The maximum Gasteiger partial charge on any atom is 0.250 e. The number of hydrogen-bond acceptors (Lipinski definition) is 6. The van der Waals surface area contributed by atoms with Gasteiger partial charge >= 0.3 is 0 Å². The summed E-state index contributed by atoms with van der Waals surface area (Å²) in [5.41, 5.74) is 3.29. The lowest BCUT2D eigenvalue weighted by Gasteiger charge is -2.38. The molecule has 1 aliphatic heterocycles. The van der Waals surface area contributed by atoms with E-state index in [0.717, 1.165) is 36.0 Å². The van der Waals surface area contributed by atoms with E-state index in [2.05, 4.69) is 10.6 Å². The molecule has 1 saturated carbocycles. The Balaban J connectivity index is 1.19. The topological polar surface area (TPSA) is 83.1 Å². The molecule has 5 rings (SSSR count). The molecule has 1 heterocycles. The lowest BCUT2D eigenvalue weighted by Crippen LogP contribution is -2.61. The molecule has 1 aliphatic carbocycles. The fourth-order valence-electron chi connectivity index (χ4n) is 5.34. The second kappa shape index (κ2) is 16.1. The van der Waals surface area contributed by atoms with Gasteiger partial charge in [0.25, 0.3) is 6.43 Å². The molecule has 2 fully saturated rings. The summed E-state index contributed by atoms with van der Waals surface area (Å²) in [6.45, 7) is 2.22. The normalized spacial score (nSPS) is 16.7. The van der Waals surface area contributed by atoms with E-state index in [4.69, 9.17) is 21.1 Å². The zero-order valence-electron chi connectivity index (χ0n) is 25.1. The molecule has 1 saturated heterocycles. The summed E-state index contributed by atoms with van der Waals surface area (Å²) < 4.78 is 36.7. The van der Waals surface area contributed by atoms with Gasteiger partial charge in [0.15, 0.2) is 0 Å². The Kier molecular flexibility index (Phi) is 11.8. The van der Waals surface area contributed by atoms with Crippen molar-refractivity contribution in [1.82, 2.24) is 15.5 Å². The molecule has 0 spiro atoms. The van der Waals surface area contributed by atoms with Crippen molar-refractivity contribution < 1.29 is 27.8 Å². The fourth-order valence-corrected chi connectivity index (χ4v) is 5.52. The minimum Gasteiger partial charge on any atom is -0.494 e. The maximum atomic E-state index is 14.1. The third-order valence-corrected chi connectivity index (χ3v) is 8.13. The molecule has 3 aromatic carbocycles. The number of carbonyl (C=O) groups is 2. The molecule has 0 unspecified atom stereocenters. The van der Waals surface area contributed by atoms with Crippen molar-refractivity contribution in [2.24, 2.45) is 0 Å². The van der Waals surface area contributed by atoms with Gasteiger partial charge in [-0.3, -0.25) is 14.5 Å². The van der Waals surface area contributed by atoms with Crippen molar-refractivity contribution in [3.8, 4) is 5.75 Å². The SMILES string of the molecule is O=C([C@H]1CNCC(=O)N1c1ccc(OCCCOCc2ccccc2)cc1)N(Cc1cc(CNCC(F)F)ccc1Cl)C1CC1. The van der Waals surface area contributed by atoms with Gasteiger partial charge in [0, 0.05) is 42.8 Å². The maximum absolute atomic E-state index is 14.1.